The van der Waals surface area contributed by atoms with Gasteiger partial charge in [0.2, 0.25) is 0 Å². The largest absolute Gasteiger partial charge is 0.491 e. The van der Waals surface area contributed by atoms with Gasteiger partial charge in [0.15, 0.2) is 5.78 Å². The number of esters is 1. The monoisotopic (exact) mass is 454 g/mol. The molecule has 0 spiro atoms. The molecular formula is C27H34O6. The van der Waals surface area contributed by atoms with Gasteiger partial charge < -0.3 is 18.9 Å². The van der Waals surface area contributed by atoms with Crippen LogP contribution in [0.15, 0.2) is 60.7 Å². The molecule has 0 aliphatic heterocycles. The summed E-state index contributed by atoms with van der Waals surface area (Å²) in [4.78, 5) is 22.5. The van der Waals surface area contributed by atoms with E-state index >= 15 is 0 Å². The van der Waals surface area contributed by atoms with Gasteiger partial charge in [0, 0.05) is 18.6 Å². The molecule has 2 aromatic carbocycles. The molecule has 2 aromatic rings. The quantitative estimate of drug-likeness (QED) is 0.336. The highest BCUT2D eigenvalue weighted by atomic mass is 16.6. The summed E-state index contributed by atoms with van der Waals surface area (Å²) in [6.45, 7) is 10.1. The van der Waals surface area contributed by atoms with Crippen LogP contribution in [-0.2, 0) is 24.5 Å². The summed E-state index contributed by atoms with van der Waals surface area (Å²) in [5.74, 6) is 0.726. The van der Waals surface area contributed by atoms with Crippen molar-refractivity contribution in [3.63, 3.8) is 0 Å². The third kappa shape index (κ3) is 8.39. The Morgan fingerprint density at radius 3 is 1.70 bits per heavy atom. The first-order valence-electron chi connectivity index (χ1n) is 11.0. The first kappa shape index (κ1) is 26.1. The number of ketones is 1. The predicted octanol–water partition coefficient (Wildman–Crippen LogP) is 4.88. The first-order chi connectivity index (χ1) is 15.6. The minimum atomic E-state index is -0.567. The van der Waals surface area contributed by atoms with Crippen LogP contribution in [0.4, 0.5) is 0 Å². The van der Waals surface area contributed by atoms with Crippen molar-refractivity contribution in [2.45, 2.75) is 52.2 Å². The second kappa shape index (κ2) is 12.2. The maximum Gasteiger partial charge on any atom is 0.331 e. The van der Waals surface area contributed by atoms with Gasteiger partial charge in [-0.05, 0) is 62.2 Å². The number of carbonyl (C=O) groups excluding carboxylic acids is 2. The maximum absolute atomic E-state index is 11.6. The molecule has 0 N–H and O–H groups in total. The lowest BCUT2D eigenvalue weighted by Gasteiger charge is -2.26. The van der Waals surface area contributed by atoms with Crippen molar-refractivity contribution in [1.82, 2.24) is 0 Å². The van der Waals surface area contributed by atoms with E-state index < -0.39 is 12.1 Å². The van der Waals surface area contributed by atoms with E-state index in [1.165, 1.54) is 18.6 Å². The van der Waals surface area contributed by atoms with Gasteiger partial charge in [-0.25, -0.2) is 4.79 Å². The van der Waals surface area contributed by atoms with Crippen molar-refractivity contribution in [2.75, 3.05) is 20.3 Å². The zero-order valence-electron chi connectivity index (χ0n) is 20.3. The van der Waals surface area contributed by atoms with Gasteiger partial charge >= 0.3 is 5.97 Å². The molecule has 2 unspecified atom stereocenters. The Balaban J connectivity index is 1.93. The summed E-state index contributed by atoms with van der Waals surface area (Å²) in [5, 5.41) is 0. The smallest absolute Gasteiger partial charge is 0.331 e. The number of hydrogen-bond acceptors (Lipinski definition) is 6. The zero-order valence-corrected chi connectivity index (χ0v) is 20.3. The molecule has 0 bridgehead atoms. The predicted molar refractivity (Wildman–Crippen MR) is 128 cm³/mol. The first-order valence-corrected chi connectivity index (χ1v) is 11.0. The van der Waals surface area contributed by atoms with Gasteiger partial charge in [0.1, 0.15) is 30.8 Å². The molecule has 178 valence electrons. The molecule has 0 saturated carbocycles. The van der Waals surface area contributed by atoms with Crippen LogP contribution in [-0.4, -0.2) is 44.3 Å². The van der Waals surface area contributed by atoms with Gasteiger partial charge in [-0.15, -0.1) is 0 Å². The number of ether oxygens (including phenoxy) is 4. The van der Waals surface area contributed by atoms with E-state index in [4.69, 9.17) is 18.9 Å². The van der Waals surface area contributed by atoms with Crippen molar-refractivity contribution in [3.05, 3.63) is 71.8 Å². The summed E-state index contributed by atoms with van der Waals surface area (Å²) < 4.78 is 21.9. The minimum Gasteiger partial charge on any atom is -0.491 e. The number of methoxy groups -OCH3 is 1. The second-order valence-electron chi connectivity index (χ2n) is 8.53. The van der Waals surface area contributed by atoms with Crippen molar-refractivity contribution in [2.24, 2.45) is 0 Å². The van der Waals surface area contributed by atoms with E-state index in [1.807, 2.05) is 43.3 Å². The topological polar surface area (TPSA) is 71.1 Å². The van der Waals surface area contributed by atoms with E-state index in [1.54, 1.807) is 14.0 Å². The van der Waals surface area contributed by atoms with Gasteiger partial charge in [0.25, 0.3) is 0 Å². The number of hydrogen-bond donors (Lipinski definition) is 0. The summed E-state index contributed by atoms with van der Waals surface area (Å²) in [5.41, 5.74) is 2.11. The summed E-state index contributed by atoms with van der Waals surface area (Å²) in [6.07, 6.45) is 1.89. The van der Waals surface area contributed by atoms with E-state index in [-0.39, 0.29) is 23.9 Å². The van der Waals surface area contributed by atoms with E-state index in [0.29, 0.717) is 12.4 Å². The Bertz CT molecular complexity index is 928. The average molecular weight is 455 g/mol. The van der Waals surface area contributed by atoms with Crippen molar-refractivity contribution in [1.29, 1.82) is 0 Å². The minimum absolute atomic E-state index is 0.0421. The molecule has 0 fully saturated rings. The Morgan fingerprint density at radius 2 is 1.27 bits per heavy atom. The van der Waals surface area contributed by atoms with Crippen LogP contribution in [0.2, 0.25) is 0 Å². The Morgan fingerprint density at radius 1 is 0.818 bits per heavy atom. The molecule has 0 heterocycles. The highest BCUT2D eigenvalue weighted by Crippen LogP contribution is 2.33. The maximum atomic E-state index is 11.6. The summed E-state index contributed by atoms with van der Waals surface area (Å²) in [7, 11) is 1.67. The Kier molecular flexibility index (Phi) is 9.67. The van der Waals surface area contributed by atoms with Crippen molar-refractivity contribution in [3.8, 4) is 11.5 Å². The van der Waals surface area contributed by atoms with Crippen molar-refractivity contribution < 1.29 is 28.5 Å². The molecule has 6 nitrogen and oxygen atoms in total. The van der Waals surface area contributed by atoms with Crippen LogP contribution in [0.5, 0.6) is 11.5 Å². The van der Waals surface area contributed by atoms with Crippen LogP contribution >= 0.6 is 0 Å². The SMILES string of the molecule is COC(C)COc1ccc(C(C)(C)c2ccc(OCC(C)OC(=O)/C=C\C(C)=O)cc2)cc1. The average Bonchev–Trinajstić information content (AvgIpc) is 2.80. The molecule has 0 radical (unpaired) electrons. The van der Waals surface area contributed by atoms with Crippen LogP contribution < -0.4 is 9.47 Å². The molecule has 0 aliphatic carbocycles. The highest BCUT2D eigenvalue weighted by Gasteiger charge is 2.23. The van der Waals surface area contributed by atoms with Crippen molar-refractivity contribution >= 4 is 11.8 Å². The van der Waals surface area contributed by atoms with Crippen LogP contribution in [0, 0.1) is 0 Å². The molecule has 0 aromatic heterocycles. The lowest BCUT2D eigenvalue weighted by atomic mass is 9.78. The Labute approximate surface area is 196 Å². The zero-order chi connectivity index (χ0) is 24.4. The molecule has 2 atom stereocenters. The highest BCUT2D eigenvalue weighted by molar-refractivity contribution is 5.94. The third-order valence-electron chi connectivity index (χ3n) is 5.30. The number of allylic oxidation sites excluding steroid dienone is 1. The molecule has 6 heteroatoms. The molecule has 2 rings (SSSR count). The fourth-order valence-corrected chi connectivity index (χ4v) is 3.05. The molecule has 33 heavy (non-hydrogen) atoms. The fraction of sp³-hybridized carbons (Fsp3) is 0.407. The number of benzene rings is 2. The van der Waals surface area contributed by atoms with Crippen LogP contribution in [0.1, 0.15) is 45.7 Å². The summed E-state index contributed by atoms with van der Waals surface area (Å²) in [6, 6.07) is 16.0. The van der Waals surface area contributed by atoms with Gasteiger partial charge in [-0.3, -0.25) is 4.79 Å². The third-order valence-corrected chi connectivity index (χ3v) is 5.30. The van der Waals surface area contributed by atoms with Gasteiger partial charge in [-0.2, -0.15) is 0 Å². The van der Waals surface area contributed by atoms with E-state index in [9.17, 15) is 9.59 Å². The van der Waals surface area contributed by atoms with Crippen LogP contribution in [0.25, 0.3) is 0 Å². The van der Waals surface area contributed by atoms with Gasteiger partial charge in [-0.1, -0.05) is 38.1 Å². The van der Waals surface area contributed by atoms with E-state index in [0.717, 1.165) is 17.4 Å². The fourth-order valence-electron chi connectivity index (χ4n) is 3.05. The standard InChI is InChI=1S/C27H34O6/c1-19(28)7-16-26(29)33-21(3)18-32-25-14-10-23(11-15-25)27(4,5)22-8-12-24(13-9-22)31-17-20(2)30-6/h7-16,20-21H,17-18H2,1-6H3/b16-7-. The van der Waals surface area contributed by atoms with Crippen LogP contribution in [0.3, 0.4) is 0 Å². The molecule has 0 aliphatic rings. The summed E-state index contributed by atoms with van der Waals surface area (Å²) >= 11 is 0. The van der Waals surface area contributed by atoms with E-state index in [2.05, 4.69) is 26.0 Å². The van der Waals surface area contributed by atoms with Gasteiger partial charge in [0.05, 0.1) is 6.10 Å². The normalized spacial score (nSPS) is 13.4. The Hall–Kier alpha value is -3.12. The number of rotatable bonds is 12. The molecule has 0 amide bonds. The lowest BCUT2D eigenvalue weighted by molar-refractivity contribution is -0.143. The molecule has 0 saturated heterocycles. The number of carbonyl (C=O) groups is 2. The lowest BCUT2D eigenvalue weighted by Crippen LogP contribution is -2.21. The second-order valence-corrected chi connectivity index (χ2v) is 8.53. The molecular weight excluding hydrogens is 420 g/mol.